The van der Waals surface area contributed by atoms with Crippen molar-refractivity contribution >= 4 is 29.0 Å². The number of anilines is 1. The molecule has 2 aromatic carbocycles. The van der Waals surface area contributed by atoms with Crippen molar-refractivity contribution < 1.29 is 14.5 Å². The van der Waals surface area contributed by atoms with E-state index in [9.17, 15) is 14.9 Å². The van der Waals surface area contributed by atoms with Gasteiger partial charge in [-0.15, -0.1) is 0 Å². The number of rotatable bonds is 7. The van der Waals surface area contributed by atoms with Crippen LogP contribution in [0.5, 0.6) is 5.75 Å². The number of benzene rings is 2. The summed E-state index contributed by atoms with van der Waals surface area (Å²) in [6.07, 6.45) is 0.608. The average molecular weight is 406 g/mol. The second kappa shape index (κ2) is 9.41. The van der Waals surface area contributed by atoms with Gasteiger partial charge in [0.2, 0.25) is 0 Å². The summed E-state index contributed by atoms with van der Waals surface area (Å²) in [7, 11) is 0. The molecule has 0 heterocycles. The second-order valence-electron chi connectivity index (χ2n) is 7.28. The quantitative estimate of drug-likeness (QED) is 0.379. The van der Waals surface area contributed by atoms with Crippen LogP contribution in [0, 0.1) is 10.1 Å². The summed E-state index contributed by atoms with van der Waals surface area (Å²) in [4.78, 5) is 22.2. The molecule has 0 bridgehead atoms. The van der Waals surface area contributed by atoms with E-state index in [0.29, 0.717) is 19.6 Å². The molecule has 7 nitrogen and oxygen atoms in total. The minimum Gasteiger partial charge on any atom is -0.494 e. The van der Waals surface area contributed by atoms with Crippen LogP contribution in [0.25, 0.3) is 0 Å². The molecule has 0 aliphatic heterocycles. The third-order valence-corrected chi connectivity index (χ3v) is 4.33. The summed E-state index contributed by atoms with van der Waals surface area (Å²) < 4.78 is 5.67. The lowest BCUT2D eigenvalue weighted by Crippen LogP contribution is -2.30. The van der Waals surface area contributed by atoms with Crippen LogP contribution in [-0.4, -0.2) is 24.1 Å². The molecule has 2 aromatic rings. The maximum absolute atomic E-state index is 11.9. The summed E-state index contributed by atoms with van der Waals surface area (Å²) in [5.41, 5.74) is 1.37. The number of hydrogen-bond acceptors (Lipinski definition) is 4. The molecule has 0 fully saturated rings. The zero-order valence-electron chi connectivity index (χ0n) is 16.1. The number of non-ortho nitro benzene ring substituents is 1. The molecule has 0 radical (unpaired) electrons. The monoisotopic (exact) mass is 405 g/mol. The molecule has 0 unspecified atom stereocenters. The Bertz CT molecular complexity index is 832. The molecule has 0 saturated heterocycles. The normalized spacial score (nSPS) is 11.0. The fraction of sp³-hybridized carbons (Fsp3) is 0.350. The minimum absolute atomic E-state index is 0.0951. The number of urea groups is 1. The Labute approximate surface area is 169 Å². The number of carbonyl (C=O) groups excluding carboxylic acids is 1. The Morgan fingerprint density at radius 2 is 1.86 bits per heavy atom. The van der Waals surface area contributed by atoms with Crippen LogP contribution < -0.4 is 15.4 Å². The van der Waals surface area contributed by atoms with Gasteiger partial charge in [0.1, 0.15) is 5.75 Å². The lowest BCUT2D eigenvalue weighted by Gasteiger charge is -2.19. The van der Waals surface area contributed by atoms with E-state index < -0.39 is 11.0 Å². The topological polar surface area (TPSA) is 93.5 Å². The van der Waals surface area contributed by atoms with Crippen LogP contribution in [0.1, 0.15) is 32.8 Å². The molecular formula is C20H24ClN3O4. The maximum Gasteiger partial charge on any atom is 0.319 e. The van der Waals surface area contributed by atoms with Crippen LogP contribution in [0.15, 0.2) is 42.5 Å². The van der Waals surface area contributed by atoms with Crippen molar-refractivity contribution in [1.82, 2.24) is 5.32 Å². The zero-order chi connectivity index (χ0) is 20.7. The molecule has 8 heteroatoms. The van der Waals surface area contributed by atoms with Crippen molar-refractivity contribution in [2.45, 2.75) is 32.6 Å². The number of nitro benzene ring substituents is 1. The maximum atomic E-state index is 11.9. The molecule has 0 saturated carbocycles. The van der Waals surface area contributed by atoms with E-state index in [1.165, 1.54) is 23.8 Å². The van der Waals surface area contributed by atoms with E-state index in [0.717, 1.165) is 5.75 Å². The number of nitrogens with one attached hydrogen (secondary N) is 2. The van der Waals surface area contributed by atoms with Gasteiger partial charge >= 0.3 is 6.03 Å². The van der Waals surface area contributed by atoms with Crippen molar-refractivity contribution in [1.29, 1.82) is 0 Å². The number of nitrogens with zero attached hydrogens (tertiary/aromatic N) is 1. The van der Waals surface area contributed by atoms with Gasteiger partial charge in [0.15, 0.2) is 0 Å². The van der Waals surface area contributed by atoms with Gasteiger partial charge < -0.3 is 15.4 Å². The fourth-order valence-electron chi connectivity index (χ4n) is 2.40. The predicted molar refractivity (Wildman–Crippen MR) is 110 cm³/mol. The second-order valence-corrected chi connectivity index (χ2v) is 7.69. The predicted octanol–water partition coefficient (Wildman–Crippen LogP) is 5.14. The van der Waals surface area contributed by atoms with Gasteiger partial charge in [-0.1, -0.05) is 44.5 Å². The molecule has 0 aliphatic rings. The largest absolute Gasteiger partial charge is 0.494 e. The van der Waals surface area contributed by atoms with Crippen molar-refractivity contribution in [3.8, 4) is 5.75 Å². The molecule has 2 amide bonds. The van der Waals surface area contributed by atoms with Crippen LogP contribution in [0.2, 0.25) is 5.02 Å². The first kappa shape index (κ1) is 21.5. The van der Waals surface area contributed by atoms with Crippen molar-refractivity contribution in [2.75, 3.05) is 18.5 Å². The summed E-state index contributed by atoms with van der Waals surface area (Å²) in [5.74, 6) is 0.779. The van der Waals surface area contributed by atoms with E-state index in [1.54, 1.807) is 0 Å². The molecule has 0 aromatic heterocycles. The smallest absolute Gasteiger partial charge is 0.319 e. The van der Waals surface area contributed by atoms with Gasteiger partial charge in [-0.2, -0.15) is 0 Å². The highest BCUT2D eigenvalue weighted by molar-refractivity contribution is 6.33. The van der Waals surface area contributed by atoms with Gasteiger partial charge in [0.05, 0.1) is 22.2 Å². The van der Waals surface area contributed by atoms with E-state index in [2.05, 4.69) is 31.4 Å². The standard InChI is InChI=1S/C20H24ClN3O4/c1-20(2,3)14-5-8-16(9-6-14)28-12-4-11-22-19(25)23-18-13-15(24(26)27)7-10-17(18)21/h5-10,13H,4,11-12H2,1-3H3,(H2,22,23,25). The number of ether oxygens (including phenoxy) is 1. The number of hydrogen-bond donors (Lipinski definition) is 2. The lowest BCUT2D eigenvalue weighted by molar-refractivity contribution is -0.384. The number of amides is 2. The Hall–Kier alpha value is -2.80. The van der Waals surface area contributed by atoms with Crippen LogP contribution in [0.4, 0.5) is 16.2 Å². The highest BCUT2D eigenvalue weighted by Crippen LogP contribution is 2.26. The highest BCUT2D eigenvalue weighted by atomic mass is 35.5. The van der Waals surface area contributed by atoms with Crippen molar-refractivity contribution in [2.24, 2.45) is 0 Å². The summed E-state index contributed by atoms with van der Waals surface area (Å²) in [5, 5.41) is 16.2. The minimum atomic E-state index is -0.551. The molecule has 2 N–H and O–H groups in total. The number of halogens is 1. The third-order valence-electron chi connectivity index (χ3n) is 4.00. The Kier molecular flexibility index (Phi) is 7.23. The average Bonchev–Trinajstić information content (AvgIpc) is 2.62. The number of carbonyl (C=O) groups is 1. The molecular weight excluding hydrogens is 382 g/mol. The Morgan fingerprint density at radius 1 is 1.18 bits per heavy atom. The summed E-state index contributed by atoms with van der Waals surface area (Å²) >= 11 is 5.95. The van der Waals surface area contributed by atoms with Crippen molar-refractivity contribution in [3.63, 3.8) is 0 Å². The number of nitro groups is 1. The first-order valence-electron chi connectivity index (χ1n) is 8.89. The van der Waals surface area contributed by atoms with E-state index in [4.69, 9.17) is 16.3 Å². The highest BCUT2D eigenvalue weighted by Gasteiger charge is 2.13. The van der Waals surface area contributed by atoms with Crippen LogP contribution >= 0.6 is 11.6 Å². The van der Waals surface area contributed by atoms with Crippen LogP contribution in [0.3, 0.4) is 0 Å². The van der Waals surface area contributed by atoms with E-state index >= 15 is 0 Å². The van der Waals surface area contributed by atoms with E-state index in [-0.39, 0.29) is 21.8 Å². The van der Waals surface area contributed by atoms with Gasteiger partial charge in [0, 0.05) is 18.7 Å². The molecule has 0 atom stereocenters. The third kappa shape index (κ3) is 6.42. The molecule has 150 valence electrons. The molecule has 0 aliphatic carbocycles. The summed E-state index contributed by atoms with van der Waals surface area (Å²) in [6, 6.07) is 11.3. The first-order chi connectivity index (χ1) is 13.2. The van der Waals surface area contributed by atoms with Crippen molar-refractivity contribution in [3.05, 3.63) is 63.2 Å². The lowest BCUT2D eigenvalue weighted by atomic mass is 9.87. The van der Waals surface area contributed by atoms with Crippen LogP contribution in [-0.2, 0) is 5.41 Å². The Balaban J connectivity index is 1.73. The Morgan fingerprint density at radius 3 is 2.46 bits per heavy atom. The molecule has 0 spiro atoms. The van der Waals surface area contributed by atoms with Gasteiger partial charge in [0.25, 0.3) is 5.69 Å². The van der Waals surface area contributed by atoms with Gasteiger partial charge in [-0.3, -0.25) is 10.1 Å². The van der Waals surface area contributed by atoms with Gasteiger partial charge in [-0.05, 0) is 35.6 Å². The zero-order valence-corrected chi connectivity index (χ0v) is 16.9. The molecule has 28 heavy (non-hydrogen) atoms. The first-order valence-corrected chi connectivity index (χ1v) is 9.27. The van der Waals surface area contributed by atoms with E-state index in [1.807, 2.05) is 24.3 Å². The fourth-order valence-corrected chi connectivity index (χ4v) is 2.57. The van der Waals surface area contributed by atoms with Gasteiger partial charge in [-0.25, -0.2) is 4.79 Å². The molecule has 2 rings (SSSR count). The SMILES string of the molecule is CC(C)(C)c1ccc(OCCCNC(=O)Nc2cc([N+](=O)[O-])ccc2Cl)cc1. The summed E-state index contributed by atoms with van der Waals surface area (Å²) in [6.45, 7) is 7.30.